The molecule has 2 aromatic heterocycles. The zero-order valence-corrected chi connectivity index (χ0v) is 19.7. The van der Waals surface area contributed by atoms with Crippen molar-refractivity contribution in [2.24, 2.45) is 0 Å². The van der Waals surface area contributed by atoms with Crippen molar-refractivity contribution in [2.45, 2.75) is 13.1 Å². The molecule has 9 heteroatoms. The van der Waals surface area contributed by atoms with Gasteiger partial charge in [0, 0.05) is 11.9 Å². The lowest BCUT2D eigenvalue weighted by molar-refractivity contribution is 0.0951. The van der Waals surface area contributed by atoms with Crippen molar-refractivity contribution in [1.82, 2.24) is 25.3 Å². The van der Waals surface area contributed by atoms with Crippen molar-refractivity contribution in [3.8, 4) is 11.5 Å². The lowest BCUT2D eigenvalue weighted by Gasteiger charge is -2.10. The highest BCUT2D eigenvalue weighted by Gasteiger charge is 2.13. The summed E-state index contributed by atoms with van der Waals surface area (Å²) in [7, 11) is 0. The molecule has 0 aliphatic carbocycles. The zero-order valence-electron chi connectivity index (χ0n) is 19.7. The number of nitrogens with one attached hydrogen (secondary N) is 2. The molecule has 0 unspecified atom stereocenters. The van der Waals surface area contributed by atoms with Crippen molar-refractivity contribution in [3.63, 3.8) is 0 Å². The SMILES string of the molecule is O=C(NCc1cn(Cc2cccc(Oc3ccccc3)c2)nn1)c1cccnc1Nc1ccc(F)cc1. The molecule has 37 heavy (non-hydrogen) atoms. The summed E-state index contributed by atoms with van der Waals surface area (Å²) in [6.45, 7) is 0.697. The van der Waals surface area contributed by atoms with E-state index in [1.54, 1.807) is 41.3 Å². The minimum absolute atomic E-state index is 0.195. The smallest absolute Gasteiger partial charge is 0.255 e. The molecule has 0 bridgehead atoms. The monoisotopic (exact) mass is 494 g/mol. The fraction of sp³-hybridized carbons (Fsp3) is 0.0714. The van der Waals surface area contributed by atoms with Crippen LogP contribution in [0.3, 0.4) is 0 Å². The van der Waals surface area contributed by atoms with Crippen molar-refractivity contribution >= 4 is 17.4 Å². The Bertz CT molecular complexity index is 1490. The van der Waals surface area contributed by atoms with Crippen LogP contribution in [0.15, 0.2) is 103 Å². The molecule has 3 aromatic carbocycles. The van der Waals surface area contributed by atoms with Crippen molar-refractivity contribution in [3.05, 3.63) is 126 Å². The van der Waals surface area contributed by atoms with Gasteiger partial charge in [0.25, 0.3) is 5.91 Å². The van der Waals surface area contributed by atoms with Gasteiger partial charge in [-0.25, -0.2) is 14.1 Å². The quantitative estimate of drug-likeness (QED) is 0.288. The van der Waals surface area contributed by atoms with E-state index in [9.17, 15) is 9.18 Å². The summed E-state index contributed by atoms with van der Waals surface area (Å²) in [5.41, 5.74) is 2.59. The third-order valence-electron chi connectivity index (χ3n) is 5.40. The maximum atomic E-state index is 13.2. The summed E-state index contributed by atoms with van der Waals surface area (Å²) < 4.78 is 20.8. The molecule has 0 aliphatic heterocycles. The third kappa shape index (κ3) is 6.34. The average Bonchev–Trinajstić information content (AvgIpc) is 3.37. The number of ether oxygens (including phenoxy) is 1. The Kier molecular flexibility index (Phi) is 7.12. The summed E-state index contributed by atoms with van der Waals surface area (Å²) >= 11 is 0. The number of carbonyl (C=O) groups is 1. The second kappa shape index (κ2) is 11.1. The number of hydrogen-bond acceptors (Lipinski definition) is 6. The van der Waals surface area contributed by atoms with E-state index in [1.165, 1.54) is 12.1 Å². The van der Waals surface area contributed by atoms with Gasteiger partial charge in [-0.1, -0.05) is 35.5 Å². The summed E-state index contributed by atoms with van der Waals surface area (Å²) in [6, 6.07) is 26.5. The number of para-hydroxylation sites is 1. The van der Waals surface area contributed by atoms with Crippen molar-refractivity contribution in [1.29, 1.82) is 0 Å². The molecular formula is C28H23FN6O2. The van der Waals surface area contributed by atoms with Crippen LogP contribution in [-0.4, -0.2) is 25.9 Å². The number of aromatic nitrogens is 4. The Hall–Kier alpha value is -5.05. The topological polar surface area (TPSA) is 94.0 Å². The van der Waals surface area contributed by atoms with Crippen LogP contribution < -0.4 is 15.4 Å². The van der Waals surface area contributed by atoms with Gasteiger partial charge in [0.15, 0.2) is 0 Å². The number of hydrogen-bond donors (Lipinski definition) is 2. The largest absolute Gasteiger partial charge is 0.457 e. The molecule has 5 rings (SSSR count). The van der Waals surface area contributed by atoms with Gasteiger partial charge in [-0.15, -0.1) is 5.10 Å². The van der Waals surface area contributed by atoms with E-state index in [1.807, 2.05) is 54.6 Å². The van der Waals surface area contributed by atoms with Gasteiger partial charge < -0.3 is 15.4 Å². The number of halogens is 1. The van der Waals surface area contributed by atoms with Crippen LogP contribution >= 0.6 is 0 Å². The van der Waals surface area contributed by atoms with E-state index in [0.717, 1.165) is 17.1 Å². The first-order valence-corrected chi connectivity index (χ1v) is 11.6. The van der Waals surface area contributed by atoms with E-state index < -0.39 is 0 Å². The Morgan fingerprint density at radius 3 is 2.57 bits per heavy atom. The fourth-order valence-corrected chi connectivity index (χ4v) is 3.64. The lowest BCUT2D eigenvalue weighted by Crippen LogP contribution is -2.24. The van der Waals surface area contributed by atoms with Crippen LogP contribution in [-0.2, 0) is 13.1 Å². The van der Waals surface area contributed by atoms with Gasteiger partial charge in [0.1, 0.15) is 28.8 Å². The predicted molar refractivity (Wildman–Crippen MR) is 137 cm³/mol. The standard InChI is InChI=1S/C28H23FN6O2/c29-21-11-13-22(14-12-21)32-27-26(10-5-15-30-27)28(36)31-17-23-19-35(34-33-23)18-20-6-4-9-25(16-20)37-24-7-2-1-3-8-24/h1-16,19H,17-18H2,(H,30,32)(H,31,36). The Morgan fingerprint density at radius 2 is 1.73 bits per heavy atom. The number of pyridine rings is 1. The van der Waals surface area contributed by atoms with Gasteiger partial charge in [-0.05, 0) is 66.2 Å². The molecule has 0 aliphatic rings. The first kappa shape index (κ1) is 23.7. The van der Waals surface area contributed by atoms with Gasteiger partial charge in [-0.2, -0.15) is 0 Å². The van der Waals surface area contributed by atoms with E-state index in [-0.39, 0.29) is 18.3 Å². The number of rotatable bonds is 9. The number of anilines is 2. The molecule has 1 amide bonds. The summed E-state index contributed by atoms with van der Waals surface area (Å²) in [4.78, 5) is 17.1. The Balaban J connectivity index is 1.19. The first-order valence-electron chi connectivity index (χ1n) is 11.6. The second-order valence-corrected chi connectivity index (χ2v) is 8.18. The van der Waals surface area contributed by atoms with Gasteiger partial charge in [-0.3, -0.25) is 4.79 Å². The van der Waals surface area contributed by atoms with E-state index in [0.29, 0.717) is 29.3 Å². The van der Waals surface area contributed by atoms with Crippen LogP contribution in [0, 0.1) is 5.82 Å². The van der Waals surface area contributed by atoms with Crippen LogP contribution in [0.5, 0.6) is 11.5 Å². The second-order valence-electron chi connectivity index (χ2n) is 8.18. The third-order valence-corrected chi connectivity index (χ3v) is 5.40. The molecule has 184 valence electrons. The molecule has 2 heterocycles. The normalized spacial score (nSPS) is 10.6. The Morgan fingerprint density at radius 1 is 0.919 bits per heavy atom. The molecule has 0 fully saturated rings. The molecule has 8 nitrogen and oxygen atoms in total. The minimum atomic E-state index is -0.342. The average molecular weight is 495 g/mol. The number of carbonyl (C=O) groups excluding carboxylic acids is 1. The van der Waals surface area contributed by atoms with Crippen LogP contribution in [0.2, 0.25) is 0 Å². The maximum Gasteiger partial charge on any atom is 0.255 e. The van der Waals surface area contributed by atoms with Gasteiger partial charge in [0.05, 0.1) is 24.8 Å². The number of amides is 1. The van der Waals surface area contributed by atoms with Crippen molar-refractivity contribution in [2.75, 3.05) is 5.32 Å². The highest BCUT2D eigenvalue weighted by atomic mass is 19.1. The lowest BCUT2D eigenvalue weighted by atomic mass is 10.2. The first-order chi connectivity index (χ1) is 18.1. The minimum Gasteiger partial charge on any atom is -0.457 e. The molecule has 0 radical (unpaired) electrons. The molecule has 2 N–H and O–H groups in total. The highest BCUT2D eigenvalue weighted by molar-refractivity contribution is 5.99. The molecular weight excluding hydrogens is 471 g/mol. The van der Waals surface area contributed by atoms with Crippen LogP contribution in [0.4, 0.5) is 15.9 Å². The zero-order chi connectivity index (χ0) is 25.5. The summed E-state index contributed by atoms with van der Waals surface area (Å²) in [5, 5.41) is 14.2. The van der Waals surface area contributed by atoms with Gasteiger partial charge >= 0.3 is 0 Å². The van der Waals surface area contributed by atoms with E-state index in [2.05, 4.69) is 25.9 Å². The summed E-state index contributed by atoms with van der Waals surface area (Å²) in [6.07, 6.45) is 3.36. The molecule has 0 saturated heterocycles. The van der Waals surface area contributed by atoms with Gasteiger partial charge in [0.2, 0.25) is 0 Å². The number of nitrogens with zero attached hydrogens (tertiary/aromatic N) is 4. The molecule has 5 aromatic rings. The maximum absolute atomic E-state index is 13.2. The van der Waals surface area contributed by atoms with E-state index >= 15 is 0 Å². The van der Waals surface area contributed by atoms with Crippen LogP contribution in [0.1, 0.15) is 21.6 Å². The molecule has 0 saturated carbocycles. The highest BCUT2D eigenvalue weighted by Crippen LogP contribution is 2.22. The predicted octanol–water partition coefficient (Wildman–Crippen LogP) is 5.33. The Labute approximate surface area is 212 Å². The molecule has 0 atom stereocenters. The van der Waals surface area contributed by atoms with Crippen molar-refractivity contribution < 1.29 is 13.9 Å². The molecule has 0 spiro atoms. The van der Waals surface area contributed by atoms with E-state index in [4.69, 9.17) is 4.74 Å². The number of benzene rings is 3. The summed E-state index contributed by atoms with van der Waals surface area (Å²) in [5.74, 6) is 1.21. The fourth-order valence-electron chi connectivity index (χ4n) is 3.64. The van der Waals surface area contributed by atoms with Crippen LogP contribution in [0.25, 0.3) is 0 Å².